The molecule has 6 heteroatoms. The standard InChI is InChI=1S/C21H29N5O/c1-14-5-4-6-18(23-13-19-20(27)8-7-15(2)24-19)21(14)26-16(3)25-17-9-11-22-12-10-17/h4-8,17,22-23,27H,9-13H2,1-3H3,(H,25,26). The minimum atomic E-state index is 0.207. The normalized spacial score (nSPS) is 15.6. The summed E-state index contributed by atoms with van der Waals surface area (Å²) in [4.78, 5) is 9.26. The van der Waals surface area contributed by atoms with Gasteiger partial charge in [-0.1, -0.05) is 12.1 Å². The number of hydrogen-bond acceptors (Lipinski definition) is 5. The molecule has 0 aliphatic carbocycles. The first kappa shape index (κ1) is 19.2. The molecule has 6 nitrogen and oxygen atoms in total. The second-order valence-corrected chi connectivity index (χ2v) is 7.09. The van der Waals surface area contributed by atoms with Crippen molar-refractivity contribution in [2.75, 3.05) is 23.7 Å². The Morgan fingerprint density at radius 2 is 2.00 bits per heavy atom. The monoisotopic (exact) mass is 367 g/mol. The number of aromatic hydroxyl groups is 1. The number of benzene rings is 1. The first-order chi connectivity index (χ1) is 13.0. The minimum Gasteiger partial charge on any atom is -0.506 e. The van der Waals surface area contributed by atoms with Gasteiger partial charge in [-0.25, -0.2) is 0 Å². The summed E-state index contributed by atoms with van der Waals surface area (Å²) in [5.41, 5.74) is 4.65. The number of aromatic nitrogens is 1. The van der Waals surface area contributed by atoms with E-state index in [4.69, 9.17) is 4.99 Å². The van der Waals surface area contributed by atoms with Gasteiger partial charge >= 0.3 is 0 Å². The molecular weight excluding hydrogens is 338 g/mol. The number of hydrogen-bond donors (Lipinski definition) is 4. The van der Waals surface area contributed by atoms with Crippen molar-refractivity contribution >= 4 is 17.2 Å². The highest BCUT2D eigenvalue weighted by molar-refractivity contribution is 5.97. The first-order valence-electron chi connectivity index (χ1n) is 9.54. The summed E-state index contributed by atoms with van der Waals surface area (Å²) < 4.78 is 0. The lowest BCUT2D eigenvalue weighted by Gasteiger charge is -2.21. The van der Waals surface area contributed by atoms with Crippen LogP contribution in [-0.2, 0) is 6.54 Å². The second kappa shape index (κ2) is 8.86. The van der Waals surface area contributed by atoms with Crippen molar-refractivity contribution in [2.24, 2.45) is 4.99 Å². The Morgan fingerprint density at radius 1 is 1.22 bits per heavy atom. The fourth-order valence-electron chi connectivity index (χ4n) is 3.32. The third kappa shape index (κ3) is 5.20. The van der Waals surface area contributed by atoms with Gasteiger partial charge in [0.05, 0.1) is 29.8 Å². The van der Waals surface area contributed by atoms with Crippen LogP contribution in [0.15, 0.2) is 35.3 Å². The predicted octanol–water partition coefficient (Wildman–Crippen LogP) is 3.60. The molecule has 0 atom stereocenters. The topological polar surface area (TPSA) is 81.6 Å². The molecular formula is C21H29N5O. The van der Waals surface area contributed by atoms with Crippen LogP contribution < -0.4 is 16.0 Å². The van der Waals surface area contributed by atoms with Gasteiger partial charge in [0.2, 0.25) is 0 Å². The lowest BCUT2D eigenvalue weighted by atomic mass is 10.1. The molecule has 0 unspecified atom stereocenters. The minimum absolute atomic E-state index is 0.207. The maximum absolute atomic E-state index is 10.0. The molecule has 0 radical (unpaired) electrons. The number of amidine groups is 1. The van der Waals surface area contributed by atoms with Crippen LogP contribution in [0.25, 0.3) is 0 Å². The number of nitrogens with zero attached hydrogens (tertiary/aromatic N) is 2. The van der Waals surface area contributed by atoms with E-state index in [1.165, 1.54) is 0 Å². The van der Waals surface area contributed by atoms with Gasteiger partial charge in [-0.15, -0.1) is 0 Å². The molecule has 1 aromatic heterocycles. The molecule has 0 bridgehead atoms. The largest absolute Gasteiger partial charge is 0.506 e. The average molecular weight is 367 g/mol. The van der Waals surface area contributed by atoms with Crippen molar-refractivity contribution in [3.05, 3.63) is 47.3 Å². The van der Waals surface area contributed by atoms with E-state index in [1.807, 2.05) is 26.0 Å². The third-order valence-corrected chi connectivity index (χ3v) is 4.80. The number of aliphatic imine (C=N–C) groups is 1. The summed E-state index contributed by atoms with van der Waals surface area (Å²) in [6.45, 7) is 8.54. The van der Waals surface area contributed by atoms with Crippen LogP contribution in [0.1, 0.15) is 36.7 Å². The average Bonchev–Trinajstić information content (AvgIpc) is 2.65. The van der Waals surface area contributed by atoms with Crippen molar-refractivity contribution in [2.45, 2.75) is 46.2 Å². The van der Waals surface area contributed by atoms with Crippen LogP contribution in [0, 0.1) is 13.8 Å². The smallest absolute Gasteiger partial charge is 0.138 e. The Balaban J connectivity index is 1.74. The quantitative estimate of drug-likeness (QED) is 0.480. The van der Waals surface area contributed by atoms with E-state index in [1.54, 1.807) is 12.1 Å². The molecule has 144 valence electrons. The van der Waals surface area contributed by atoms with Crippen LogP contribution in [0.4, 0.5) is 11.4 Å². The van der Waals surface area contributed by atoms with Crippen LogP contribution in [0.3, 0.4) is 0 Å². The van der Waals surface area contributed by atoms with E-state index in [0.717, 1.165) is 54.4 Å². The zero-order chi connectivity index (χ0) is 19.2. The molecule has 0 saturated carbocycles. The molecule has 0 spiro atoms. The number of pyridine rings is 1. The summed E-state index contributed by atoms with van der Waals surface area (Å²) >= 11 is 0. The van der Waals surface area contributed by atoms with Crippen LogP contribution >= 0.6 is 0 Å². The fraction of sp³-hybridized carbons (Fsp3) is 0.429. The van der Waals surface area contributed by atoms with Crippen LogP contribution in [-0.4, -0.2) is 35.1 Å². The van der Waals surface area contributed by atoms with E-state index >= 15 is 0 Å². The second-order valence-electron chi connectivity index (χ2n) is 7.09. The van der Waals surface area contributed by atoms with Crippen molar-refractivity contribution in [1.29, 1.82) is 0 Å². The maximum atomic E-state index is 10.0. The Labute approximate surface area is 161 Å². The fourth-order valence-corrected chi connectivity index (χ4v) is 3.32. The molecule has 1 saturated heterocycles. The number of nitrogens with one attached hydrogen (secondary N) is 3. The molecule has 27 heavy (non-hydrogen) atoms. The Hall–Kier alpha value is -2.60. The molecule has 2 aromatic rings. The zero-order valence-electron chi connectivity index (χ0n) is 16.3. The van der Waals surface area contributed by atoms with Gasteiger partial charge in [-0.3, -0.25) is 9.98 Å². The third-order valence-electron chi connectivity index (χ3n) is 4.80. The predicted molar refractivity (Wildman–Crippen MR) is 112 cm³/mol. The Kier molecular flexibility index (Phi) is 6.29. The van der Waals surface area contributed by atoms with Crippen LogP contribution in [0.2, 0.25) is 0 Å². The van der Waals surface area contributed by atoms with Crippen molar-refractivity contribution in [1.82, 2.24) is 10.3 Å². The highest BCUT2D eigenvalue weighted by Crippen LogP contribution is 2.27. The van der Waals surface area contributed by atoms with Gasteiger partial charge < -0.3 is 21.1 Å². The van der Waals surface area contributed by atoms with Gasteiger partial charge in [0.25, 0.3) is 0 Å². The van der Waals surface area contributed by atoms with Gasteiger partial charge in [0, 0.05) is 5.69 Å². The van der Waals surface area contributed by atoms with E-state index in [0.29, 0.717) is 18.3 Å². The van der Waals surface area contributed by atoms with E-state index in [2.05, 4.69) is 33.9 Å². The molecule has 1 aliphatic heterocycles. The van der Waals surface area contributed by atoms with Crippen LogP contribution in [0.5, 0.6) is 5.75 Å². The number of anilines is 2. The van der Waals surface area contributed by atoms with Gasteiger partial charge in [-0.2, -0.15) is 0 Å². The summed E-state index contributed by atoms with van der Waals surface area (Å²) in [5, 5.41) is 20.3. The molecule has 4 N–H and O–H groups in total. The summed E-state index contributed by atoms with van der Waals surface area (Å²) in [6.07, 6.45) is 2.16. The maximum Gasteiger partial charge on any atom is 0.138 e. The first-order valence-corrected chi connectivity index (χ1v) is 9.54. The van der Waals surface area contributed by atoms with Crippen molar-refractivity contribution in [3.63, 3.8) is 0 Å². The van der Waals surface area contributed by atoms with Gasteiger partial charge in [0.15, 0.2) is 0 Å². The van der Waals surface area contributed by atoms with Gasteiger partial charge in [-0.05, 0) is 70.5 Å². The highest BCUT2D eigenvalue weighted by atomic mass is 16.3. The Morgan fingerprint density at radius 3 is 2.78 bits per heavy atom. The number of piperidine rings is 1. The van der Waals surface area contributed by atoms with E-state index in [9.17, 15) is 5.11 Å². The zero-order valence-corrected chi connectivity index (χ0v) is 16.3. The lowest BCUT2D eigenvalue weighted by Crippen LogP contribution is -2.30. The molecule has 2 heterocycles. The van der Waals surface area contributed by atoms with Crippen molar-refractivity contribution < 1.29 is 5.11 Å². The summed E-state index contributed by atoms with van der Waals surface area (Å²) in [5.74, 6) is 1.13. The molecule has 0 amide bonds. The number of rotatable bonds is 5. The lowest BCUT2D eigenvalue weighted by molar-refractivity contribution is 0.459. The number of para-hydroxylation sites is 1. The molecule has 1 aliphatic rings. The molecule has 3 rings (SSSR count). The van der Waals surface area contributed by atoms with E-state index in [-0.39, 0.29) is 5.75 Å². The van der Waals surface area contributed by atoms with E-state index < -0.39 is 0 Å². The molecule has 1 fully saturated rings. The molecule has 1 aromatic carbocycles. The van der Waals surface area contributed by atoms with Crippen molar-refractivity contribution in [3.8, 4) is 5.75 Å². The summed E-state index contributed by atoms with van der Waals surface area (Å²) in [6, 6.07) is 10.00. The summed E-state index contributed by atoms with van der Waals surface area (Å²) in [7, 11) is 0. The highest BCUT2D eigenvalue weighted by Gasteiger charge is 2.13. The number of aryl methyl sites for hydroxylation is 2. The van der Waals surface area contributed by atoms with Gasteiger partial charge in [0.1, 0.15) is 11.4 Å². The Bertz CT molecular complexity index is 812. The SMILES string of the molecule is CC(=NC1CCNCC1)Nc1c(C)cccc1NCc1nc(C)ccc1O.